The van der Waals surface area contributed by atoms with Crippen molar-refractivity contribution < 1.29 is 14.3 Å². The summed E-state index contributed by atoms with van der Waals surface area (Å²) in [5.74, 6) is 1.53. The maximum atomic E-state index is 10.9. The number of nitrogens with two attached hydrogens (primary N) is 1. The van der Waals surface area contributed by atoms with Gasteiger partial charge in [-0.05, 0) is 43.7 Å². The average Bonchev–Trinajstić information content (AvgIpc) is 3.13. The number of halogens is 1. The Kier molecular flexibility index (Phi) is 4.71. The molecule has 3 unspecified atom stereocenters. The highest BCUT2D eigenvalue weighted by Gasteiger charge is 2.42. The SMILES string of the molecule is CC1C(CO)CCC1(C)Nc1nc(N)nc(Cl)c1-c1ccc(C=O)o1. The van der Waals surface area contributed by atoms with Crippen LogP contribution in [0.1, 0.15) is 37.2 Å². The van der Waals surface area contributed by atoms with Gasteiger partial charge in [-0.3, -0.25) is 4.79 Å². The number of furan rings is 1. The molecule has 0 aromatic carbocycles. The molecular weight excluding hydrogens is 344 g/mol. The van der Waals surface area contributed by atoms with E-state index in [-0.39, 0.29) is 40.8 Å². The Balaban J connectivity index is 2.02. The molecule has 0 spiro atoms. The van der Waals surface area contributed by atoms with Gasteiger partial charge in [0, 0.05) is 12.1 Å². The molecule has 3 rings (SSSR count). The van der Waals surface area contributed by atoms with Crippen LogP contribution in [0.2, 0.25) is 5.15 Å². The first kappa shape index (κ1) is 17.7. The van der Waals surface area contributed by atoms with Crippen molar-refractivity contribution in [1.29, 1.82) is 0 Å². The van der Waals surface area contributed by atoms with Gasteiger partial charge in [0.2, 0.25) is 5.95 Å². The summed E-state index contributed by atoms with van der Waals surface area (Å²) < 4.78 is 5.49. The van der Waals surface area contributed by atoms with Crippen molar-refractivity contribution in [3.63, 3.8) is 0 Å². The summed E-state index contributed by atoms with van der Waals surface area (Å²) in [5, 5.41) is 13.1. The van der Waals surface area contributed by atoms with Crippen molar-refractivity contribution in [2.75, 3.05) is 17.7 Å². The van der Waals surface area contributed by atoms with E-state index in [9.17, 15) is 9.90 Å². The van der Waals surface area contributed by atoms with Crippen molar-refractivity contribution in [3.8, 4) is 11.3 Å². The minimum Gasteiger partial charge on any atom is -0.453 e. The fourth-order valence-corrected chi connectivity index (χ4v) is 3.76. The highest BCUT2D eigenvalue weighted by molar-refractivity contribution is 6.32. The normalized spacial score (nSPS) is 25.9. The highest BCUT2D eigenvalue weighted by Crippen LogP contribution is 2.44. The third-order valence-corrected chi connectivity index (χ3v) is 5.53. The van der Waals surface area contributed by atoms with E-state index in [2.05, 4.69) is 29.1 Å². The van der Waals surface area contributed by atoms with Crippen molar-refractivity contribution in [1.82, 2.24) is 9.97 Å². The van der Waals surface area contributed by atoms with Gasteiger partial charge in [-0.2, -0.15) is 4.98 Å². The zero-order valence-electron chi connectivity index (χ0n) is 14.1. The number of hydrogen-bond donors (Lipinski definition) is 3. The number of aliphatic hydroxyl groups is 1. The molecule has 7 nitrogen and oxygen atoms in total. The Morgan fingerprint density at radius 3 is 2.88 bits per heavy atom. The Morgan fingerprint density at radius 1 is 1.52 bits per heavy atom. The number of nitrogens with zero attached hydrogens (tertiary/aromatic N) is 2. The summed E-state index contributed by atoms with van der Waals surface area (Å²) in [7, 11) is 0. The molecule has 1 aliphatic carbocycles. The number of aromatic nitrogens is 2. The maximum absolute atomic E-state index is 10.9. The number of nitrogens with one attached hydrogen (secondary N) is 1. The van der Waals surface area contributed by atoms with E-state index in [4.69, 9.17) is 21.8 Å². The van der Waals surface area contributed by atoms with Crippen LogP contribution in [-0.2, 0) is 0 Å². The summed E-state index contributed by atoms with van der Waals surface area (Å²) in [4.78, 5) is 19.2. The van der Waals surface area contributed by atoms with Crippen LogP contribution in [0.15, 0.2) is 16.5 Å². The molecule has 0 saturated heterocycles. The van der Waals surface area contributed by atoms with Gasteiger partial charge in [0.1, 0.15) is 16.7 Å². The maximum Gasteiger partial charge on any atom is 0.223 e. The van der Waals surface area contributed by atoms with Crippen molar-refractivity contribution in [2.24, 2.45) is 11.8 Å². The Bertz CT molecular complexity index is 794. The second kappa shape index (κ2) is 6.65. The number of carbonyl (C=O) groups excluding carboxylic acids is 1. The molecule has 0 radical (unpaired) electrons. The first-order valence-electron chi connectivity index (χ1n) is 8.15. The number of hydrogen-bond acceptors (Lipinski definition) is 7. The van der Waals surface area contributed by atoms with Gasteiger partial charge in [-0.25, -0.2) is 4.98 Å². The van der Waals surface area contributed by atoms with Gasteiger partial charge in [0.25, 0.3) is 0 Å². The molecule has 2 aromatic rings. The quantitative estimate of drug-likeness (QED) is 0.551. The smallest absolute Gasteiger partial charge is 0.223 e. The molecule has 2 aromatic heterocycles. The van der Waals surface area contributed by atoms with E-state index in [0.29, 0.717) is 23.4 Å². The molecule has 1 saturated carbocycles. The van der Waals surface area contributed by atoms with Crippen LogP contribution in [0.25, 0.3) is 11.3 Å². The van der Waals surface area contributed by atoms with E-state index in [1.54, 1.807) is 12.1 Å². The number of nitrogen functional groups attached to an aromatic ring is 1. The molecule has 134 valence electrons. The Labute approximate surface area is 150 Å². The monoisotopic (exact) mass is 364 g/mol. The van der Waals surface area contributed by atoms with Crippen molar-refractivity contribution >= 4 is 29.7 Å². The standard InChI is InChI=1S/C17H21ClN4O3/c1-9-10(7-23)5-6-17(9,2)22-15-13(14(18)20-16(19)21-15)12-4-3-11(8-24)25-12/h3-4,8-10,23H,5-7H2,1-2H3,(H3,19,20,21,22). The van der Waals surface area contributed by atoms with Gasteiger partial charge in [0.15, 0.2) is 12.0 Å². The number of rotatable bonds is 5. The van der Waals surface area contributed by atoms with Crippen molar-refractivity contribution in [2.45, 2.75) is 32.2 Å². The van der Waals surface area contributed by atoms with Crippen LogP contribution >= 0.6 is 11.6 Å². The molecule has 3 atom stereocenters. The van der Waals surface area contributed by atoms with E-state index >= 15 is 0 Å². The van der Waals surface area contributed by atoms with Gasteiger partial charge in [-0.1, -0.05) is 18.5 Å². The van der Waals surface area contributed by atoms with Crippen LogP contribution in [0, 0.1) is 11.8 Å². The van der Waals surface area contributed by atoms with Gasteiger partial charge < -0.3 is 20.6 Å². The summed E-state index contributed by atoms with van der Waals surface area (Å²) in [6.07, 6.45) is 2.41. The van der Waals surface area contributed by atoms with Gasteiger partial charge >= 0.3 is 0 Å². The summed E-state index contributed by atoms with van der Waals surface area (Å²) in [6.45, 7) is 4.34. The van der Waals surface area contributed by atoms with E-state index in [0.717, 1.165) is 12.8 Å². The minimum atomic E-state index is -0.285. The molecule has 8 heteroatoms. The number of anilines is 2. The summed E-state index contributed by atoms with van der Waals surface area (Å²) in [6, 6.07) is 3.20. The lowest BCUT2D eigenvalue weighted by atomic mass is 9.86. The number of aliphatic hydroxyl groups excluding tert-OH is 1. The second-order valence-electron chi connectivity index (χ2n) is 6.73. The first-order valence-corrected chi connectivity index (χ1v) is 8.53. The second-order valence-corrected chi connectivity index (χ2v) is 7.09. The summed E-state index contributed by atoms with van der Waals surface area (Å²) in [5.41, 5.74) is 5.95. The minimum absolute atomic E-state index is 0.0476. The molecular formula is C17H21ClN4O3. The van der Waals surface area contributed by atoms with Crippen LogP contribution < -0.4 is 11.1 Å². The van der Waals surface area contributed by atoms with Gasteiger partial charge in [-0.15, -0.1) is 0 Å². The predicted octanol–water partition coefficient (Wildman–Crippen LogP) is 2.99. The van der Waals surface area contributed by atoms with E-state index in [1.807, 2.05) is 0 Å². The lowest BCUT2D eigenvalue weighted by Crippen LogP contribution is -2.40. The molecule has 1 aliphatic rings. The van der Waals surface area contributed by atoms with Crippen LogP contribution in [-0.4, -0.2) is 33.5 Å². The number of carbonyl (C=O) groups is 1. The zero-order valence-corrected chi connectivity index (χ0v) is 14.9. The average molecular weight is 365 g/mol. The molecule has 0 amide bonds. The lowest BCUT2D eigenvalue weighted by molar-refractivity contribution is 0.110. The zero-order chi connectivity index (χ0) is 18.2. The summed E-state index contributed by atoms with van der Waals surface area (Å²) >= 11 is 6.29. The molecule has 25 heavy (non-hydrogen) atoms. The molecule has 2 heterocycles. The van der Waals surface area contributed by atoms with Crippen LogP contribution in [0.3, 0.4) is 0 Å². The number of aldehydes is 1. The largest absolute Gasteiger partial charge is 0.453 e. The Morgan fingerprint density at radius 2 is 2.28 bits per heavy atom. The fourth-order valence-electron chi connectivity index (χ4n) is 3.49. The first-order chi connectivity index (χ1) is 11.9. The Hall–Kier alpha value is -2.12. The van der Waals surface area contributed by atoms with Gasteiger partial charge in [0.05, 0.1) is 5.56 Å². The third-order valence-electron chi connectivity index (χ3n) is 5.26. The third kappa shape index (κ3) is 3.21. The fraction of sp³-hybridized carbons (Fsp3) is 0.471. The predicted molar refractivity (Wildman–Crippen MR) is 95.5 cm³/mol. The molecule has 4 N–H and O–H groups in total. The molecule has 1 fully saturated rings. The molecule has 0 aliphatic heterocycles. The van der Waals surface area contributed by atoms with Crippen LogP contribution in [0.4, 0.5) is 11.8 Å². The van der Waals surface area contributed by atoms with E-state index < -0.39 is 0 Å². The van der Waals surface area contributed by atoms with E-state index in [1.165, 1.54) is 0 Å². The van der Waals surface area contributed by atoms with Crippen molar-refractivity contribution in [3.05, 3.63) is 23.0 Å². The molecule has 0 bridgehead atoms. The van der Waals surface area contributed by atoms with Crippen LogP contribution in [0.5, 0.6) is 0 Å². The highest BCUT2D eigenvalue weighted by atomic mass is 35.5. The lowest BCUT2D eigenvalue weighted by Gasteiger charge is -2.33. The topological polar surface area (TPSA) is 114 Å².